The van der Waals surface area contributed by atoms with Crippen molar-refractivity contribution in [1.82, 2.24) is 10.3 Å². The number of nitrogens with one attached hydrogen (secondary N) is 1. The van der Waals surface area contributed by atoms with Gasteiger partial charge >= 0.3 is 0 Å². The van der Waals surface area contributed by atoms with Gasteiger partial charge in [0.25, 0.3) is 0 Å². The highest BCUT2D eigenvalue weighted by Gasteiger charge is 2.35. The van der Waals surface area contributed by atoms with Gasteiger partial charge < -0.3 is 5.32 Å². The van der Waals surface area contributed by atoms with Gasteiger partial charge in [-0.3, -0.25) is 0 Å². The SMILES string of the molecule is CCNC1CCC(C(C)(C)C)CC1Cc1nc(C)c(C)s1. The third-order valence-corrected chi connectivity index (χ3v) is 6.28. The summed E-state index contributed by atoms with van der Waals surface area (Å²) in [5, 5.41) is 5.07. The molecule has 2 nitrogen and oxygen atoms in total. The molecule has 120 valence electrons. The van der Waals surface area contributed by atoms with Crippen LogP contribution in [0.5, 0.6) is 0 Å². The van der Waals surface area contributed by atoms with E-state index in [2.05, 4.69) is 46.9 Å². The minimum atomic E-state index is 0.435. The molecule has 1 aromatic heterocycles. The van der Waals surface area contributed by atoms with Crippen molar-refractivity contribution in [2.45, 2.75) is 73.3 Å². The molecule has 21 heavy (non-hydrogen) atoms. The predicted octanol–water partition coefficient (Wildman–Crippen LogP) is 4.74. The van der Waals surface area contributed by atoms with E-state index in [0.717, 1.165) is 24.8 Å². The van der Waals surface area contributed by atoms with Crippen molar-refractivity contribution < 1.29 is 0 Å². The van der Waals surface area contributed by atoms with Crippen molar-refractivity contribution >= 4 is 11.3 Å². The summed E-state index contributed by atoms with van der Waals surface area (Å²) < 4.78 is 0. The third kappa shape index (κ3) is 4.29. The van der Waals surface area contributed by atoms with Gasteiger partial charge in [0.2, 0.25) is 0 Å². The maximum absolute atomic E-state index is 4.78. The van der Waals surface area contributed by atoms with Gasteiger partial charge in [-0.25, -0.2) is 4.98 Å². The maximum atomic E-state index is 4.78. The largest absolute Gasteiger partial charge is 0.314 e. The first kappa shape index (κ1) is 17.0. The number of rotatable bonds is 4. The molecule has 1 heterocycles. The van der Waals surface area contributed by atoms with Gasteiger partial charge in [-0.05, 0) is 56.9 Å². The van der Waals surface area contributed by atoms with Crippen LogP contribution in [0.3, 0.4) is 0 Å². The van der Waals surface area contributed by atoms with E-state index < -0.39 is 0 Å². The van der Waals surface area contributed by atoms with Gasteiger partial charge in [0.05, 0.1) is 10.7 Å². The highest BCUT2D eigenvalue weighted by atomic mass is 32.1. The zero-order valence-electron chi connectivity index (χ0n) is 14.6. The van der Waals surface area contributed by atoms with E-state index >= 15 is 0 Å². The van der Waals surface area contributed by atoms with E-state index in [1.807, 2.05) is 11.3 Å². The molecule has 3 unspecified atom stereocenters. The summed E-state index contributed by atoms with van der Waals surface area (Å²) in [5.41, 5.74) is 1.66. The molecule has 0 aromatic carbocycles. The molecule has 0 bridgehead atoms. The quantitative estimate of drug-likeness (QED) is 0.868. The van der Waals surface area contributed by atoms with Crippen LogP contribution in [0.25, 0.3) is 0 Å². The Labute approximate surface area is 134 Å². The molecular weight excluding hydrogens is 276 g/mol. The Kier molecular flexibility index (Phi) is 5.48. The summed E-state index contributed by atoms with van der Waals surface area (Å²) >= 11 is 1.90. The first-order valence-corrected chi connectivity index (χ1v) is 9.29. The van der Waals surface area contributed by atoms with Crippen LogP contribution in [0.1, 0.15) is 62.5 Å². The van der Waals surface area contributed by atoms with E-state index in [-0.39, 0.29) is 0 Å². The Morgan fingerprint density at radius 1 is 1.24 bits per heavy atom. The van der Waals surface area contributed by atoms with Crippen LogP contribution >= 0.6 is 11.3 Å². The van der Waals surface area contributed by atoms with Crippen molar-refractivity contribution in [3.05, 3.63) is 15.6 Å². The molecule has 1 N–H and O–H groups in total. The van der Waals surface area contributed by atoms with Gasteiger partial charge in [0.15, 0.2) is 0 Å². The van der Waals surface area contributed by atoms with E-state index in [0.29, 0.717) is 11.5 Å². The Balaban J connectivity index is 2.10. The smallest absolute Gasteiger partial charge is 0.0934 e. The van der Waals surface area contributed by atoms with E-state index in [9.17, 15) is 0 Å². The lowest BCUT2D eigenvalue weighted by Crippen LogP contribution is -2.43. The lowest BCUT2D eigenvalue weighted by Gasteiger charge is -2.42. The summed E-state index contributed by atoms with van der Waals surface area (Å²) in [4.78, 5) is 6.16. The minimum Gasteiger partial charge on any atom is -0.314 e. The monoisotopic (exact) mass is 308 g/mol. The van der Waals surface area contributed by atoms with Crippen LogP contribution in [0.4, 0.5) is 0 Å². The second kappa shape index (κ2) is 6.78. The molecule has 3 atom stereocenters. The van der Waals surface area contributed by atoms with Crippen LogP contribution < -0.4 is 5.32 Å². The van der Waals surface area contributed by atoms with Crippen molar-refractivity contribution in [2.75, 3.05) is 6.54 Å². The molecule has 1 aliphatic carbocycles. The molecule has 0 spiro atoms. The molecule has 1 saturated carbocycles. The number of hydrogen-bond acceptors (Lipinski definition) is 3. The van der Waals surface area contributed by atoms with Crippen molar-refractivity contribution in [3.63, 3.8) is 0 Å². The first-order valence-electron chi connectivity index (χ1n) is 8.47. The minimum absolute atomic E-state index is 0.435. The second-order valence-corrected chi connectivity index (χ2v) is 9.04. The van der Waals surface area contributed by atoms with E-state index in [1.165, 1.54) is 34.8 Å². The normalized spacial score (nSPS) is 27.0. The van der Waals surface area contributed by atoms with Crippen molar-refractivity contribution in [3.8, 4) is 0 Å². The van der Waals surface area contributed by atoms with Crippen molar-refractivity contribution in [1.29, 1.82) is 0 Å². The van der Waals surface area contributed by atoms with Gasteiger partial charge in [0, 0.05) is 17.3 Å². The molecule has 3 heteroatoms. The summed E-state index contributed by atoms with van der Waals surface area (Å²) in [6.45, 7) is 14.8. The molecule has 1 fully saturated rings. The van der Waals surface area contributed by atoms with Crippen LogP contribution in [0.2, 0.25) is 0 Å². The fraction of sp³-hybridized carbons (Fsp3) is 0.833. The Morgan fingerprint density at radius 2 is 1.95 bits per heavy atom. The second-order valence-electron chi connectivity index (χ2n) is 7.75. The number of nitrogens with zero attached hydrogens (tertiary/aromatic N) is 1. The van der Waals surface area contributed by atoms with E-state index in [4.69, 9.17) is 4.98 Å². The lowest BCUT2D eigenvalue weighted by atomic mass is 9.67. The Hall–Kier alpha value is -0.410. The van der Waals surface area contributed by atoms with Crippen LogP contribution in [0, 0.1) is 31.1 Å². The summed E-state index contributed by atoms with van der Waals surface area (Å²) in [6, 6.07) is 0.679. The number of thiazole rings is 1. The summed E-state index contributed by atoms with van der Waals surface area (Å²) in [6.07, 6.45) is 5.19. The zero-order chi connectivity index (χ0) is 15.6. The van der Waals surface area contributed by atoms with Gasteiger partial charge in [0.1, 0.15) is 0 Å². The predicted molar refractivity (Wildman–Crippen MR) is 93.0 cm³/mol. The highest BCUT2D eigenvalue weighted by Crippen LogP contribution is 2.41. The standard InChI is InChI=1S/C18H32N2S/c1-7-19-16-9-8-15(18(4,5)6)10-14(16)11-17-20-12(2)13(3)21-17/h14-16,19H,7-11H2,1-6H3. The molecule has 0 aliphatic heterocycles. The molecule has 0 amide bonds. The molecule has 0 radical (unpaired) electrons. The van der Waals surface area contributed by atoms with Crippen LogP contribution in [0.15, 0.2) is 0 Å². The first-order chi connectivity index (χ1) is 9.81. The average Bonchev–Trinajstić information content (AvgIpc) is 2.69. The molecular formula is C18H32N2S. The molecule has 0 saturated heterocycles. The summed E-state index contributed by atoms with van der Waals surface area (Å²) in [5.74, 6) is 1.59. The van der Waals surface area contributed by atoms with Gasteiger partial charge in [-0.1, -0.05) is 27.7 Å². The zero-order valence-corrected chi connectivity index (χ0v) is 15.4. The summed E-state index contributed by atoms with van der Waals surface area (Å²) in [7, 11) is 0. The lowest BCUT2D eigenvalue weighted by molar-refractivity contribution is 0.114. The van der Waals surface area contributed by atoms with Gasteiger partial charge in [-0.15, -0.1) is 11.3 Å². The third-order valence-electron chi connectivity index (χ3n) is 5.18. The topological polar surface area (TPSA) is 24.9 Å². The number of aromatic nitrogens is 1. The molecule has 2 rings (SSSR count). The molecule has 1 aromatic rings. The van der Waals surface area contributed by atoms with E-state index in [1.54, 1.807) is 0 Å². The van der Waals surface area contributed by atoms with Crippen molar-refractivity contribution in [2.24, 2.45) is 17.3 Å². The Morgan fingerprint density at radius 3 is 2.48 bits per heavy atom. The Bertz CT molecular complexity index is 439. The number of hydrogen-bond donors (Lipinski definition) is 1. The maximum Gasteiger partial charge on any atom is 0.0934 e. The van der Waals surface area contributed by atoms with Gasteiger partial charge in [-0.2, -0.15) is 0 Å². The molecule has 1 aliphatic rings. The van der Waals surface area contributed by atoms with Crippen LogP contribution in [-0.2, 0) is 6.42 Å². The average molecular weight is 309 g/mol. The number of aryl methyl sites for hydroxylation is 2. The fourth-order valence-electron chi connectivity index (χ4n) is 3.66. The highest BCUT2D eigenvalue weighted by molar-refractivity contribution is 7.11. The van der Waals surface area contributed by atoms with Crippen LogP contribution in [-0.4, -0.2) is 17.6 Å². The fourth-order valence-corrected chi connectivity index (χ4v) is 4.68.